The van der Waals surface area contributed by atoms with Crippen molar-refractivity contribution in [1.29, 1.82) is 0 Å². The van der Waals surface area contributed by atoms with Crippen molar-refractivity contribution in [2.24, 2.45) is 0 Å². The Morgan fingerprint density at radius 3 is 2.70 bits per heavy atom. The molecule has 23 heavy (non-hydrogen) atoms. The van der Waals surface area contributed by atoms with E-state index in [4.69, 9.17) is 5.21 Å². The molecule has 2 aromatic rings. The predicted octanol–water partition coefficient (Wildman–Crippen LogP) is 3.34. The molecule has 0 spiro atoms. The van der Waals surface area contributed by atoms with Gasteiger partial charge in [-0.1, -0.05) is 38.1 Å². The van der Waals surface area contributed by atoms with Gasteiger partial charge in [0.2, 0.25) is 0 Å². The highest BCUT2D eigenvalue weighted by atomic mass is 16.5. The SMILES string of the molecule is CC(C)c1ccc(CNc2ccccc2/C=C/C(=O)NO)nc1. The summed E-state index contributed by atoms with van der Waals surface area (Å²) in [7, 11) is 0. The van der Waals surface area contributed by atoms with Gasteiger partial charge in [-0.05, 0) is 35.3 Å². The van der Waals surface area contributed by atoms with E-state index in [1.54, 1.807) is 11.6 Å². The van der Waals surface area contributed by atoms with Gasteiger partial charge in [0.1, 0.15) is 0 Å². The Kier molecular flexibility index (Phi) is 5.88. The molecule has 0 aliphatic carbocycles. The highest BCUT2D eigenvalue weighted by Gasteiger charge is 2.02. The lowest BCUT2D eigenvalue weighted by Gasteiger charge is -2.10. The van der Waals surface area contributed by atoms with E-state index in [0.717, 1.165) is 16.9 Å². The van der Waals surface area contributed by atoms with Gasteiger partial charge < -0.3 is 5.32 Å². The van der Waals surface area contributed by atoms with E-state index in [9.17, 15) is 4.79 Å². The molecular weight excluding hydrogens is 290 g/mol. The van der Waals surface area contributed by atoms with Crippen LogP contribution >= 0.6 is 0 Å². The van der Waals surface area contributed by atoms with Crippen LogP contribution in [-0.4, -0.2) is 16.1 Å². The number of nitrogens with one attached hydrogen (secondary N) is 2. The Morgan fingerprint density at radius 2 is 2.04 bits per heavy atom. The van der Waals surface area contributed by atoms with Crippen LogP contribution in [-0.2, 0) is 11.3 Å². The van der Waals surface area contributed by atoms with Gasteiger partial charge in [0.25, 0.3) is 5.91 Å². The average Bonchev–Trinajstić information content (AvgIpc) is 2.58. The van der Waals surface area contributed by atoms with Crippen LogP contribution in [0.3, 0.4) is 0 Å². The van der Waals surface area contributed by atoms with Crippen LogP contribution in [0.2, 0.25) is 0 Å². The molecule has 0 atom stereocenters. The minimum Gasteiger partial charge on any atom is -0.379 e. The van der Waals surface area contributed by atoms with Gasteiger partial charge in [-0.15, -0.1) is 0 Å². The van der Waals surface area contributed by atoms with Crippen LogP contribution in [0.5, 0.6) is 0 Å². The second-order valence-corrected chi connectivity index (χ2v) is 5.49. The molecule has 1 aromatic heterocycles. The summed E-state index contributed by atoms with van der Waals surface area (Å²) in [4.78, 5) is 15.5. The minimum absolute atomic E-state index is 0.466. The number of hydrogen-bond acceptors (Lipinski definition) is 4. The van der Waals surface area contributed by atoms with Crippen LogP contribution in [0.15, 0.2) is 48.7 Å². The third kappa shape index (κ3) is 4.93. The zero-order valence-electron chi connectivity index (χ0n) is 13.3. The summed E-state index contributed by atoms with van der Waals surface area (Å²) in [6, 6.07) is 11.7. The first kappa shape index (κ1) is 16.7. The van der Waals surface area contributed by atoms with E-state index in [0.29, 0.717) is 12.5 Å². The van der Waals surface area contributed by atoms with Gasteiger partial charge >= 0.3 is 0 Å². The summed E-state index contributed by atoms with van der Waals surface area (Å²) in [5, 5.41) is 11.8. The number of carbonyl (C=O) groups is 1. The van der Waals surface area contributed by atoms with E-state index < -0.39 is 5.91 Å². The molecule has 0 fully saturated rings. The van der Waals surface area contributed by atoms with Gasteiger partial charge in [0, 0.05) is 18.0 Å². The number of rotatable bonds is 6. The maximum absolute atomic E-state index is 11.1. The molecule has 1 aromatic carbocycles. The van der Waals surface area contributed by atoms with Crippen LogP contribution in [0.25, 0.3) is 6.08 Å². The van der Waals surface area contributed by atoms with Gasteiger partial charge in [-0.3, -0.25) is 15.0 Å². The summed E-state index contributed by atoms with van der Waals surface area (Å²) in [6.45, 7) is 4.87. The van der Waals surface area contributed by atoms with Crippen molar-refractivity contribution in [2.75, 3.05) is 5.32 Å². The molecule has 3 N–H and O–H groups in total. The van der Waals surface area contributed by atoms with E-state index in [-0.39, 0.29) is 0 Å². The van der Waals surface area contributed by atoms with Gasteiger partial charge in [-0.25, -0.2) is 5.48 Å². The van der Waals surface area contributed by atoms with Gasteiger partial charge in [-0.2, -0.15) is 0 Å². The zero-order chi connectivity index (χ0) is 16.7. The molecule has 0 bridgehead atoms. The van der Waals surface area contributed by atoms with E-state index in [1.165, 1.54) is 11.6 Å². The van der Waals surface area contributed by atoms with Crippen molar-refractivity contribution in [3.8, 4) is 0 Å². The molecule has 0 aliphatic heterocycles. The van der Waals surface area contributed by atoms with Crippen LogP contribution in [0, 0.1) is 0 Å². The highest BCUT2D eigenvalue weighted by Crippen LogP contribution is 2.18. The molecule has 0 unspecified atom stereocenters. The average molecular weight is 311 g/mol. The molecule has 0 radical (unpaired) electrons. The maximum atomic E-state index is 11.1. The van der Waals surface area contributed by atoms with Crippen LogP contribution in [0.4, 0.5) is 5.69 Å². The predicted molar refractivity (Wildman–Crippen MR) is 91.1 cm³/mol. The first-order chi connectivity index (χ1) is 11.1. The van der Waals surface area contributed by atoms with E-state index >= 15 is 0 Å². The summed E-state index contributed by atoms with van der Waals surface area (Å²) in [5.41, 5.74) is 5.48. The van der Waals surface area contributed by atoms with Crippen molar-refractivity contribution in [1.82, 2.24) is 10.5 Å². The number of benzene rings is 1. The number of nitrogens with zero attached hydrogens (tertiary/aromatic N) is 1. The fourth-order valence-corrected chi connectivity index (χ4v) is 2.07. The summed E-state index contributed by atoms with van der Waals surface area (Å²) < 4.78 is 0. The number of hydroxylamine groups is 1. The number of para-hydroxylation sites is 1. The first-order valence-corrected chi connectivity index (χ1v) is 7.50. The Labute approximate surface area is 136 Å². The normalized spacial score (nSPS) is 11.0. The number of pyridine rings is 1. The third-order valence-electron chi connectivity index (χ3n) is 3.46. The number of aromatic nitrogens is 1. The smallest absolute Gasteiger partial charge is 0.267 e. The Balaban J connectivity index is 2.05. The highest BCUT2D eigenvalue weighted by molar-refractivity contribution is 5.91. The molecule has 0 saturated carbocycles. The van der Waals surface area contributed by atoms with E-state index in [1.807, 2.05) is 36.5 Å². The zero-order valence-corrected chi connectivity index (χ0v) is 13.3. The topological polar surface area (TPSA) is 74.2 Å². The molecular formula is C18H21N3O2. The van der Waals surface area contributed by atoms with Crippen LogP contribution < -0.4 is 10.8 Å². The number of hydrogen-bond donors (Lipinski definition) is 3. The quantitative estimate of drug-likeness (QED) is 0.434. The third-order valence-corrected chi connectivity index (χ3v) is 3.46. The first-order valence-electron chi connectivity index (χ1n) is 7.50. The van der Waals surface area contributed by atoms with Gasteiger partial charge in [0.05, 0.1) is 12.2 Å². The lowest BCUT2D eigenvalue weighted by Crippen LogP contribution is -2.14. The van der Waals surface area contributed by atoms with Crippen molar-refractivity contribution < 1.29 is 10.0 Å². The lowest BCUT2D eigenvalue weighted by molar-refractivity contribution is -0.124. The van der Waals surface area contributed by atoms with Crippen molar-refractivity contribution >= 4 is 17.7 Å². The fraction of sp³-hybridized carbons (Fsp3) is 0.222. The maximum Gasteiger partial charge on any atom is 0.267 e. The molecule has 0 aliphatic rings. The number of amides is 1. The molecule has 0 saturated heterocycles. The Bertz CT molecular complexity index is 679. The van der Waals surface area contributed by atoms with Crippen molar-refractivity contribution in [3.05, 3.63) is 65.5 Å². The minimum atomic E-state index is -0.564. The Hall–Kier alpha value is -2.66. The van der Waals surface area contributed by atoms with Crippen molar-refractivity contribution in [3.63, 3.8) is 0 Å². The number of carbonyl (C=O) groups excluding carboxylic acids is 1. The Morgan fingerprint density at radius 1 is 1.26 bits per heavy atom. The fourth-order valence-electron chi connectivity index (χ4n) is 2.07. The molecule has 120 valence electrons. The summed E-state index contributed by atoms with van der Waals surface area (Å²) >= 11 is 0. The van der Waals surface area contributed by atoms with E-state index in [2.05, 4.69) is 30.2 Å². The second-order valence-electron chi connectivity index (χ2n) is 5.49. The number of anilines is 1. The molecule has 1 amide bonds. The standard InChI is InChI=1S/C18H21N3O2/c1-13(2)15-7-9-16(19-11-15)12-20-17-6-4-3-5-14(17)8-10-18(22)21-23/h3-11,13,20,23H,12H2,1-2H3,(H,21,22)/b10-8+. The largest absolute Gasteiger partial charge is 0.379 e. The van der Waals surface area contributed by atoms with Crippen molar-refractivity contribution in [2.45, 2.75) is 26.3 Å². The molecule has 5 nitrogen and oxygen atoms in total. The van der Waals surface area contributed by atoms with Gasteiger partial charge in [0.15, 0.2) is 0 Å². The lowest BCUT2D eigenvalue weighted by atomic mass is 10.1. The molecule has 1 heterocycles. The van der Waals surface area contributed by atoms with Crippen LogP contribution in [0.1, 0.15) is 36.6 Å². The monoisotopic (exact) mass is 311 g/mol. The summed E-state index contributed by atoms with van der Waals surface area (Å²) in [5.74, 6) is -0.0983. The summed E-state index contributed by atoms with van der Waals surface area (Å²) in [6.07, 6.45) is 4.82. The second kappa shape index (κ2) is 8.10. The molecule has 5 heteroatoms. The molecule has 2 rings (SSSR count).